The second-order valence-corrected chi connectivity index (χ2v) is 3.59. The largest absolute Gasteiger partial charge is 0.237 e. The predicted octanol–water partition coefficient (Wildman–Crippen LogP) is 2.16. The molecule has 2 heterocycles. The van der Waals surface area contributed by atoms with Crippen LogP contribution in [0.4, 0.5) is 0 Å². The van der Waals surface area contributed by atoms with Crippen LogP contribution in [0.1, 0.15) is 31.0 Å². The molecule has 68 valence electrons. The van der Waals surface area contributed by atoms with Crippen LogP contribution >= 0.6 is 0 Å². The normalized spacial score (nSPS) is 11.4. The van der Waals surface area contributed by atoms with Gasteiger partial charge in [0.15, 0.2) is 5.65 Å². The lowest BCUT2D eigenvalue weighted by molar-refractivity contribution is 0.749. The van der Waals surface area contributed by atoms with Gasteiger partial charge in [-0.2, -0.15) is 5.10 Å². The molecule has 0 bridgehead atoms. The van der Waals surface area contributed by atoms with Crippen LogP contribution in [0, 0.1) is 6.92 Å². The monoisotopic (exact) mass is 175 g/mol. The van der Waals surface area contributed by atoms with E-state index >= 15 is 0 Å². The highest BCUT2D eigenvalue weighted by Gasteiger charge is 2.07. The molecule has 0 N–H and O–H groups in total. The van der Waals surface area contributed by atoms with Gasteiger partial charge >= 0.3 is 0 Å². The molecule has 13 heavy (non-hydrogen) atoms. The van der Waals surface area contributed by atoms with Crippen LogP contribution in [0.15, 0.2) is 18.5 Å². The SMILES string of the molecule is Cc1cnn2c(C(C)C)ccnc12. The van der Waals surface area contributed by atoms with E-state index in [1.807, 2.05) is 29.9 Å². The number of fused-ring (bicyclic) bond motifs is 1. The number of hydrogen-bond donors (Lipinski definition) is 0. The lowest BCUT2D eigenvalue weighted by Gasteiger charge is -2.06. The van der Waals surface area contributed by atoms with Crippen LogP contribution in [0.25, 0.3) is 5.65 Å². The molecule has 0 spiro atoms. The minimum atomic E-state index is 0.477. The van der Waals surface area contributed by atoms with Crippen LogP contribution in [-0.4, -0.2) is 14.6 Å². The quantitative estimate of drug-likeness (QED) is 0.664. The third-order valence-corrected chi connectivity index (χ3v) is 2.20. The number of aromatic nitrogens is 3. The Morgan fingerprint density at radius 1 is 1.38 bits per heavy atom. The van der Waals surface area contributed by atoms with Crippen LogP contribution in [0.2, 0.25) is 0 Å². The Morgan fingerprint density at radius 3 is 2.85 bits per heavy atom. The fourth-order valence-corrected chi connectivity index (χ4v) is 1.46. The number of rotatable bonds is 1. The van der Waals surface area contributed by atoms with E-state index in [2.05, 4.69) is 23.9 Å². The molecular weight excluding hydrogens is 162 g/mol. The van der Waals surface area contributed by atoms with Crippen molar-refractivity contribution in [2.24, 2.45) is 0 Å². The number of nitrogens with zero attached hydrogens (tertiary/aromatic N) is 3. The van der Waals surface area contributed by atoms with E-state index in [9.17, 15) is 0 Å². The molecule has 0 aliphatic heterocycles. The Morgan fingerprint density at radius 2 is 2.15 bits per heavy atom. The summed E-state index contributed by atoms with van der Waals surface area (Å²) in [5.41, 5.74) is 3.30. The third kappa shape index (κ3) is 1.20. The molecule has 0 amide bonds. The topological polar surface area (TPSA) is 30.2 Å². The van der Waals surface area contributed by atoms with Crippen molar-refractivity contribution in [1.29, 1.82) is 0 Å². The van der Waals surface area contributed by atoms with Crippen LogP contribution in [0.3, 0.4) is 0 Å². The zero-order valence-corrected chi connectivity index (χ0v) is 8.15. The van der Waals surface area contributed by atoms with E-state index in [0.29, 0.717) is 5.92 Å². The van der Waals surface area contributed by atoms with Crippen molar-refractivity contribution < 1.29 is 0 Å². The minimum absolute atomic E-state index is 0.477. The van der Waals surface area contributed by atoms with E-state index in [0.717, 1.165) is 11.2 Å². The molecule has 0 fully saturated rings. The summed E-state index contributed by atoms with van der Waals surface area (Å²) in [5.74, 6) is 0.477. The Hall–Kier alpha value is -1.38. The van der Waals surface area contributed by atoms with E-state index in [1.54, 1.807) is 0 Å². The third-order valence-electron chi connectivity index (χ3n) is 2.20. The maximum Gasteiger partial charge on any atom is 0.158 e. The van der Waals surface area contributed by atoms with Gasteiger partial charge in [0, 0.05) is 17.5 Å². The predicted molar refractivity (Wildman–Crippen MR) is 51.8 cm³/mol. The van der Waals surface area contributed by atoms with Crippen molar-refractivity contribution >= 4 is 5.65 Å². The molecule has 3 heteroatoms. The van der Waals surface area contributed by atoms with Crippen LogP contribution in [-0.2, 0) is 0 Å². The highest BCUT2D eigenvalue weighted by Crippen LogP contribution is 2.15. The van der Waals surface area contributed by atoms with Gasteiger partial charge < -0.3 is 0 Å². The molecule has 0 radical (unpaired) electrons. The molecule has 2 aromatic rings. The van der Waals surface area contributed by atoms with Gasteiger partial charge in [-0.25, -0.2) is 9.50 Å². The van der Waals surface area contributed by atoms with Crippen molar-refractivity contribution in [1.82, 2.24) is 14.6 Å². The Balaban J connectivity index is 2.77. The standard InChI is InChI=1S/C10H13N3/c1-7(2)9-4-5-11-10-8(3)6-12-13(9)10/h4-7H,1-3H3. The van der Waals surface area contributed by atoms with Gasteiger partial charge in [-0.3, -0.25) is 0 Å². The lowest BCUT2D eigenvalue weighted by Crippen LogP contribution is -2.01. The molecule has 3 nitrogen and oxygen atoms in total. The fourth-order valence-electron chi connectivity index (χ4n) is 1.46. The molecular formula is C10H13N3. The summed E-state index contributed by atoms with van der Waals surface area (Å²) in [5, 5.41) is 4.29. The summed E-state index contributed by atoms with van der Waals surface area (Å²) < 4.78 is 1.92. The van der Waals surface area contributed by atoms with Crippen LogP contribution < -0.4 is 0 Å². The Kier molecular flexibility index (Phi) is 1.79. The smallest absolute Gasteiger partial charge is 0.158 e. The summed E-state index contributed by atoms with van der Waals surface area (Å²) in [6.45, 7) is 6.34. The fraction of sp³-hybridized carbons (Fsp3) is 0.400. The van der Waals surface area contributed by atoms with Gasteiger partial charge in [-0.05, 0) is 18.9 Å². The van der Waals surface area contributed by atoms with Gasteiger partial charge in [-0.15, -0.1) is 0 Å². The second-order valence-electron chi connectivity index (χ2n) is 3.59. The van der Waals surface area contributed by atoms with E-state index in [-0.39, 0.29) is 0 Å². The first-order valence-electron chi connectivity index (χ1n) is 4.49. The molecule has 0 aromatic carbocycles. The van der Waals surface area contributed by atoms with Gasteiger partial charge in [0.2, 0.25) is 0 Å². The minimum Gasteiger partial charge on any atom is -0.237 e. The molecule has 0 saturated heterocycles. The zero-order valence-electron chi connectivity index (χ0n) is 8.15. The summed E-state index contributed by atoms with van der Waals surface area (Å²) in [6.07, 6.45) is 3.70. The van der Waals surface area contributed by atoms with Gasteiger partial charge in [-0.1, -0.05) is 13.8 Å². The van der Waals surface area contributed by atoms with Crippen molar-refractivity contribution in [2.75, 3.05) is 0 Å². The highest BCUT2D eigenvalue weighted by atomic mass is 15.3. The van der Waals surface area contributed by atoms with E-state index in [1.165, 1.54) is 5.69 Å². The van der Waals surface area contributed by atoms with E-state index in [4.69, 9.17) is 0 Å². The first kappa shape index (κ1) is 8.23. The number of hydrogen-bond acceptors (Lipinski definition) is 2. The van der Waals surface area contributed by atoms with Crippen molar-refractivity contribution in [3.63, 3.8) is 0 Å². The maximum absolute atomic E-state index is 4.29. The Labute approximate surface area is 77.4 Å². The molecule has 2 rings (SSSR count). The molecule has 0 aliphatic carbocycles. The molecule has 0 aliphatic rings. The van der Waals surface area contributed by atoms with E-state index < -0.39 is 0 Å². The van der Waals surface area contributed by atoms with Crippen molar-refractivity contribution in [2.45, 2.75) is 26.7 Å². The average molecular weight is 175 g/mol. The molecule has 0 unspecified atom stereocenters. The average Bonchev–Trinajstić information content (AvgIpc) is 2.48. The highest BCUT2D eigenvalue weighted by molar-refractivity contribution is 5.46. The van der Waals surface area contributed by atoms with Crippen molar-refractivity contribution in [3.8, 4) is 0 Å². The summed E-state index contributed by atoms with van der Waals surface area (Å²) >= 11 is 0. The van der Waals surface area contributed by atoms with Gasteiger partial charge in [0.05, 0.1) is 6.20 Å². The maximum atomic E-state index is 4.29. The first-order chi connectivity index (χ1) is 6.20. The molecule has 0 saturated carbocycles. The molecule has 2 aromatic heterocycles. The van der Waals surface area contributed by atoms with Gasteiger partial charge in [0.25, 0.3) is 0 Å². The first-order valence-corrected chi connectivity index (χ1v) is 4.49. The Bertz CT molecular complexity index is 429. The van der Waals surface area contributed by atoms with Crippen molar-refractivity contribution in [3.05, 3.63) is 29.7 Å². The van der Waals surface area contributed by atoms with Gasteiger partial charge in [0.1, 0.15) is 0 Å². The summed E-state index contributed by atoms with van der Waals surface area (Å²) in [7, 11) is 0. The molecule has 0 atom stereocenters. The zero-order chi connectivity index (χ0) is 9.42. The summed E-state index contributed by atoms with van der Waals surface area (Å²) in [6, 6.07) is 2.02. The second kappa shape index (κ2) is 2.83. The lowest BCUT2D eigenvalue weighted by atomic mass is 10.1. The summed E-state index contributed by atoms with van der Waals surface area (Å²) in [4.78, 5) is 4.28. The number of aryl methyl sites for hydroxylation is 1. The van der Waals surface area contributed by atoms with Crippen LogP contribution in [0.5, 0.6) is 0 Å².